The van der Waals surface area contributed by atoms with Crippen molar-refractivity contribution in [1.82, 2.24) is 5.43 Å². The van der Waals surface area contributed by atoms with Crippen LogP contribution in [-0.4, -0.2) is 23.0 Å². The number of nitrogens with zero attached hydrogens (tertiary/aromatic N) is 1. The average molecular weight is 317 g/mol. The molecule has 0 aliphatic carbocycles. The number of amides is 1. The van der Waals surface area contributed by atoms with Gasteiger partial charge in [0.15, 0.2) is 0 Å². The van der Waals surface area contributed by atoms with E-state index in [0.717, 1.165) is 11.8 Å². The largest absolute Gasteiger partial charge is 1.00 e. The monoisotopic (exact) mass is 317 g/mol. The van der Waals surface area contributed by atoms with Crippen LogP contribution in [0.2, 0.25) is 0 Å². The van der Waals surface area contributed by atoms with E-state index < -0.39 is 11.2 Å². The van der Waals surface area contributed by atoms with Crippen molar-refractivity contribution < 1.29 is 65.4 Å². The molecule has 1 amide bonds. The van der Waals surface area contributed by atoms with Gasteiger partial charge in [0.1, 0.15) is 0 Å². The van der Waals surface area contributed by atoms with Crippen LogP contribution in [-0.2, 0) is 10.2 Å². The Labute approximate surface area is 163 Å². The van der Waals surface area contributed by atoms with Crippen molar-refractivity contribution in [1.29, 1.82) is 0 Å². The topological polar surface area (TPSA) is 58.5 Å². The van der Waals surface area contributed by atoms with Crippen LogP contribution in [0.5, 0.6) is 0 Å². The summed E-state index contributed by atoms with van der Waals surface area (Å²) in [6.07, 6.45) is 1.86. The van der Waals surface area contributed by atoms with Gasteiger partial charge in [-0.1, -0.05) is 25.6 Å². The minimum atomic E-state index is -0.942. The Morgan fingerprint density at radius 2 is 2.20 bits per heavy atom. The van der Waals surface area contributed by atoms with Crippen molar-refractivity contribution in [2.24, 2.45) is 5.10 Å². The van der Waals surface area contributed by atoms with Crippen LogP contribution in [0.4, 0.5) is 9.18 Å². The first-order valence-corrected chi connectivity index (χ1v) is 6.53. The van der Waals surface area contributed by atoms with Gasteiger partial charge in [-0.05, 0) is 0 Å². The van der Waals surface area contributed by atoms with Crippen LogP contribution in [0.15, 0.2) is 17.2 Å². The van der Waals surface area contributed by atoms with E-state index in [-0.39, 0.29) is 56.6 Å². The smallest absolute Gasteiger partial charge is 0.541 e. The van der Waals surface area contributed by atoms with Gasteiger partial charge in [-0.25, -0.2) is 9.82 Å². The van der Waals surface area contributed by atoms with E-state index >= 15 is 0 Å². The van der Waals surface area contributed by atoms with Crippen molar-refractivity contribution in [3.05, 3.63) is 35.1 Å². The molecule has 1 heterocycles. The van der Waals surface area contributed by atoms with Crippen LogP contribution in [0.25, 0.3) is 0 Å². The molecule has 1 aromatic carbocycles. The van der Waals surface area contributed by atoms with Gasteiger partial charge in [-0.2, -0.15) is 16.7 Å². The summed E-state index contributed by atoms with van der Waals surface area (Å²) in [5.41, 5.74) is 2.87. The Bertz CT molecular complexity index is 575. The van der Waals surface area contributed by atoms with Crippen LogP contribution < -0.4 is 56.8 Å². The molecule has 0 atom stereocenters. The third-order valence-corrected chi connectivity index (χ3v) is 3.49. The molecular formula is C13H11FKN2O2S-. The average Bonchev–Trinajstić information content (AvgIpc) is 2.39. The summed E-state index contributed by atoms with van der Waals surface area (Å²) in [5.74, 6) is -0.208. The number of benzene rings is 1. The second-order valence-electron chi connectivity index (χ2n) is 4.60. The van der Waals surface area contributed by atoms with Crippen molar-refractivity contribution in [3.8, 4) is 0 Å². The molecule has 20 heavy (non-hydrogen) atoms. The molecule has 2 rings (SSSR count). The van der Waals surface area contributed by atoms with E-state index in [0.29, 0.717) is 22.6 Å². The number of hydrazone groups is 1. The summed E-state index contributed by atoms with van der Waals surface area (Å²) in [7, 11) is 0. The van der Waals surface area contributed by atoms with Crippen LogP contribution in [0.3, 0.4) is 0 Å². The van der Waals surface area contributed by atoms with E-state index in [9.17, 15) is 14.0 Å². The maximum atomic E-state index is 13.6. The van der Waals surface area contributed by atoms with Crippen molar-refractivity contribution in [3.63, 3.8) is 0 Å². The number of nitrogens with one attached hydrogen (secondary N) is 1. The molecule has 0 saturated heterocycles. The van der Waals surface area contributed by atoms with Crippen molar-refractivity contribution >= 4 is 29.0 Å². The minimum Gasteiger partial charge on any atom is -0.541 e. The van der Waals surface area contributed by atoms with Crippen LogP contribution in [0.1, 0.15) is 25.0 Å². The molecule has 0 aromatic heterocycles. The third-order valence-electron chi connectivity index (χ3n) is 2.72. The van der Waals surface area contributed by atoms with Gasteiger partial charge in [-0.15, -0.1) is 23.1 Å². The number of hydrogen-bond acceptors (Lipinski definition) is 4. The van der Waals surface area contributed by atoms with Crippen LogP contribution >= 0.6 is 11.8 Å². The molecule has 1 aliphatic rings. The molecule has 0 radical (unpaired) electrons. The quantitative estimate of drug-likeness (QED) is 0.585. The molecule has 0 bridgehead atoms. The molecule has 0 fully saturated rings. The molecule has 7 heteroatoms. The minimum absolute atomic E-state index is 0. The predicted octanol–water partition coefficient (Wildman–Crippen LogP) is -0.822. The van der Waals surface area contributed by atoms with E-state index in [1.807, 2.05) is 6.29 Å². The van der Waals surface area contributed by atoms with Gasteiger partial charge in [0, 0.05) is 11.6 Å². The van der Waals surface area contributed by atoms with E-state index in [1.165, 1.54) is 6.07 Å². The summed E-state index contributed by atoms with van der Waals surface area (Å²) in [6.45, 7) is 3.27. The molecular weight excluding hydrogens is 306 g/mol. The zero-order valence-electron chi connectivity index (χ0n) is 11.4. The zero-order chi connectivity index (χ0) is 14.0. The summed E-state index contributed by atoms with van der Waals surface area (Å²) < 4.78 is 13.6. The van der Waals surface area contributed by atoms with Gasteiger partial charge < -0.3 is 4.79 Å². The molecule has 0 spiro atoms. The number of thioether (sulfide) groups is 1. The first-order valence-electron chi connectivity index (χ1n) is 5.55. The van der Waals surface area contributed by atoms with Gasteiger partial charge in [0.25, 0.3) is 5.24 Å². The van der Waals surface area contributed by atoms with Gasteiger partial charge >= 0.3 is 51.4 Å². The number of halogens is 1. The molecule has 0 saturated carbocycles. The van der Waals surface area contributed by atoms with Gasteiger partial charge in [-0.3, -0.25) is 11.1 Å². The Morgan fingerprint density at radius 1 is 1.50 bits per heavy atom. The standard InChI is InChI=1S/C13H11FN2O2S.K/c1-13(2,7-17)9-3-8(4-10(14)5-9)11-6-19-12(18)16-15-11;/h3-4H,6H2,1-2H3,(H,16,18);/q-2;+1. The molecule has 1 aliphatic heterocycles. The van der Waals surface area contributed by atoms with Crippen molar-refractivity contribution in [2.75, 3.05) is 5.75 Å². The maximum absolute atomic E-state index is 13.6. The van der Waals surface area contributed by atoms with E-state index in [4.69, 9.17) is 0 Å². The molecule has 100 valence electrons. The third kappa shape index (κ3) is 4.22. The number of carbonyl (C=O) groups is 1. The van der Waals surface area contributed by atoms with Gasteiger partial charge in [0.05, 0.1) is 5.71 Å². The van der Waals surface area contributed by atoms with Gasteiger partial charge in [0.2, 0.25) is 0 Å². The number of hydrogen-bond donors (Lipinski definition) is 1. The second kappa shape index (κ2) is 7.28. The summed E-state index contributed by atoms with van der Waals surface area (Å²) >= 11 is 1.06. The Balaban J connectivity index is 0.00000200. The van der Waals surface area contributed by atoms with E-state index in [2.05, 4.69) is 16.6 Å². The second-order valence-corrected chi connectivity index (χ2v) is 5.55. The fourth-order valence-electron chi connectivity index (χ4n) is 1.55. The predicted molar refractivity (Wildman–Crippen MR) is 71.5 cm³/mol. The normalized spacial score (nSPS) is 14.9. The SMILES string of the molecule is CC(C)([C-]=O)c1[c-]c(F)cc(C2=NNC(=O)SC2)c1.[K+]. The van der Waals surface area contributed by atoms with Crippen molar-refractivity contribution in [2.45, 2.75) is 19.3 Å². The summed E-state index contributed by atoms with van der Waals surface area (Å²) in [5, 5.41) is 3.65. The fourth-order valence-corrected chi connectivity index (χ4v) is 2.16. The number of rotatable bonds is 3. The molecule has 1 N–H and O–H groups in total. The maximum Gasteiger partial charge on any atom is 1.00 e. The first kappa shape index (κ1) is 18.0. The van der Waals surface area contributed by atoms with Crippen LogP contribution in [0, 0.1) is 11.9 Å². The molecule has 0 unspecified atom stereocenters. The first-order chi connectivity index (χ1) is 8.92. The Hall–Kier alpha value is -0.0536. The van der Waals surface area contributed by atoms with E-state index in [1.54, 1.807) is 19.9 Å². The fraction of sp³-hybridized carbons (Fsp3) is 0.308. The summed E-state index contributed by atoms with van der Waals surface area (Å²) in [6, 6.07) is 5.43. The zero-order valence-corrected chi connectivity index (χ0v) is 15.4. The molecule has 4 nitrogen and oxygen atoms in total. The molecule has 1 aromatic rings. The summed E-state index contributed by atoms with van der Waals surface area (Å²) in [4.78, 5) is 21.9. The number of carbonyl (C=O) groups excluding carboxylic acids is 2. The Morgan fingerprint density at radius 3 is 2.75 bits per heavy atom. The Kier molecular flexibility index (Phi) is 6.55.